The summed E-state index contributed by atoms with van der Waals surface area (Å²) in [6.07, 6.45) is 2.19. The first-order chi connectivity index (χ1) is 7.77. The minimum absolute atomic E-state index is 0.127. The lowest BCUT2D eigenvalue weighted by Crippen LogP contribution is -2.42. The van der Waals surface area contributed by atoms with Gasteiger partial charge in [0, 0.05) is 5.41 Å². The third-order valence-electron chi connectivity index (χ3n) is 3.75. The SMILES string of the molecule is [CH2]C(CO)(c1ccccc1)C1CCNCC1. The molecule has 1 radical (unpaired) electrons. The van der Waals surface area contributed by atoms with Crippen molar-refractivity contribution in [1.82, 2.24) is 5.32 Å². The van der Waals surface area contributed by atoms with Gasteiger partial charge in [-0.2, -0.15) is 0 Å². The number of aliphatic hydroxyl groups is 1. The fourth-order valence-corrected chi connectivity index (χ4v) is 2.60. The summed E-state index contributed by atoms with van der Waals surface area (Å²) in [5, 5.41) is 13.1. The van der Waals surface area contributed by atoms with Gasteiger partial charge in [0.25, 0.3) is 0 Å². The van der Waals surface area contributed by atoms with Crippen molar-refractivity contribution in [3.63, 3.8) is 0 Å². The minimum Gasteiger partial charge on any atom is -0.395 e. The van der Waals surface area contributed by atoms with Gasteiger partial charge in [0.2, 0.25) is 0 Å². The zero-order valence-electron chi connectivity index (χ0n) is 9.65. The highest BCUT2D eigenvalue weighted by Crippen LogP contribution is 2.36. The zero-order valence-corrected chi connectivity index (χ0v) is 9.65. The van der Waals surface area contributed by atoms with Crippen LogP contribution in [0.3, 0.4) is 0 Å². The second-order valence-electron chi connectivity index (χ2n) is 4.70. The Morgan fingerprint density at radius 3 is 2.44 bits per heavy atom. The van der Waals surface area contributed by atoms with E-state index in [9.17, 15) is 5.11 Å². The Bertz CT molecular complexity index is 319. The van der Waals surface area contributed by atoms with Gasteiger partial charge < -0.3 is 10.4 Å². The van der Waals surface area contributed by atoms with E-state index in [1.165, 1.54) is 0 Å². The molecule has 1 unspecified atom stereocenters. The average Bonchev–Trinajstić information content (AvgIpc) is 2.40. The first-order valence-corrected chi connectivity index (χ1v) is 6.00. The van der Waals surface area contributed by atoms with Crippen molar-refractivity contribution in [1.29, 1.82) is 0 Å². The molecule has 1 aromatic carbocycles. The van der Waals surface area contributed by atoms with Crippen LogP contribution in [0, 0.1) is 12.8 Å². The summed E-state index contributed by atoms with van der Waals surface area (Å²) >= 11 is 0. The fourth-order valence-electron chi connectivity index (χ4n) is 2.60. The lowest BCUT2D eigenvalue weighted by Gasteiger charge is -2.39. The van der Waals surface area contributed by atoms with Gasteiger partial charge in [0.05, 0.1) is 6.61 Å². The Morgan fingerprint density at radius 2 is 1.88 bits per heavy atom. The van der Waals surface area contributed by atoms with Gasteiger partial charge in [0.1, 0.15) is 0 Å². The van der Waals surface area contributed by atoms with Gasteiger partial charge in [-0.1, -0.05) is 30.3 Å². The standard InChI is InChI=1S/C14H20NO/c1-14(11-16,12-5-3-2-4-6-12)13-7-9-15-10-8-13/h2-6,13,15-16H,1,7-11H2. The van der Waals surface area contributed by atoms with E-state index in [0.29, 0.717) is 5.92 Å². The Labute approximate surface area is 97.7 Å². The Hall–Kier alpha value is -0.860. The van der Waals surface area contributed by atoms with E-state index >= 15 is 0 Å². The molecule has 1 saturated heterocycles. The molecule has 1 heterocycles. The molecule has 0 aromatic heterocycles. The van der Waals surface area contributed by atoms with Crippen LogP contribution in [0.5, 0.6) is 0 Å². The molecule has 1 fully saturated rings. The van der Waals surface area contributed by atoms with Crippen LogP contribution >= 0.6 is 0 Å². The van der Waals surface area contributed by atoms with Crippen molar-refractivity contribution >= 4 is 0 Å². The molecule has 0 saturated carbocycles. The Balaban J connectivity index is 2.24. The van der Waals surface area contributed by atoms with Crippen LogP contribution in [0.2, 0.25) is 0 Å². The van der Waals surface area contributed by atoms with Crippen LogP contribution < -0.4 is 5.32 Å². The van der Waals surface area contributed by atoms with E-state index in [4.69, 9.17) is 0 Å². The molecule has 1 aliphatic heterocycles. The topological polar surface area (TPSA) is 32.3 Å². The highest BCUT2D eigenvalue weighted by molar-refractivity contribution is 5.28. The van der Waals surface area contributed by atoms with Crippen LogP contribution in [0.1, 0.15) is 18.4 Å². The molecule has 2 N–H and O–H groups in total. The van der Waals surface area contributed by atoms with Gasteiger partial charge in [-0.15, -0.1) is 0 Å². The Morgan fingerprint density at radius 1 is 1.25 bits per heavy atom. The molecular formula is C14H20NO. The van der Waals surface area contributed by atoms with Crippen LogP contribution in [0.15, 0.2) is 30.3 Å². The normalized spacial score (nSPS) is 21.6. The molecule has 16 heavy (non-hydrogen) atoms. The molecule has 87 valence electrons. The van der Waals surface area contributed by atoms with Crippen molar-refractivity contribution in [3.8, 4) is 0 Å². The van der Waals surface area contributed by atoms with E-state index in [-0.39, 0.29) is 12.0 Å². The van der Waals surface area contributed by atoms with Crippen molar-refractivity contribution in [2.45, 2.75) is 18.3 Å². The number of piperidine rings is 1. The summed E-state index contributed by atoms with van der Waals surface area (Å²) in [6.45, 7) is 6.50. The maximum Gasteiger partial charge on any atom is 0.0530 e. The van der Waals surface area contributed by atoms with Crippen molar-refractivity contribution in [2.75, 3.05) is 19.7 Å². The van der Waals surface area contributed by atoms with Gasteiger partial charge in [0.15, 0.2) is 0 Å². The maximum atomic E-state index is 9.71. The third-order valence-corrected chi connectivity index (χ3v) is 3.75. The summed E-state index contributed by atoms with van der Waals surface area (Å²) in [4.78, 5) is 0. The number of benzene rings is 1. The molecule has 1 aromatic rings. The molecule has 0 spiro atoms. The lowest BCUT2D eigenvalue weighted by molar-refractivity contribution is 0.147. The first-order valence-electron chi connectivity index (χ1n) is 6.00. The van der Waals surface area contributed by atoms with Gasteiger partial charge in [-0.3, -0.25) is 0 Å². The van der Waals surface area contributed by atoms with Gasteiger partial charge >= 0.3 is 0 Å². The molecule has 0 amide bonds. The molecule has 0 aliphatic carbocycles. The monoisotopic (exact) mass is 218 g/mol. The summed E-state index contributed by atoms with van der Waals surface area (Å²) in [5.74, 6) is 0.473. The number of nitrogens with one attached hydrogen (secondary N) is 1. The fraction of sp³-hybridized carbons (Fsp3) is 0.500. The first kappa shape index (κ1) is 11.6. The number of hydrogen-bond donors (Lipinski definition) is 2. The highest BCUT2D eigenvalue weighted by atomic mass is 16.3. The predicted molar refractivity (Wildman–Crippen MR) is 66.2 cm³/mol. The molecule has 0 bridgehead atoms. The third kappa shape index (κ3) is 2.13. The lowest BCUT2D eigenvalue weighted by atomic mass is 9.69. The van der Waals surface area contributed by atoms with Gasteiger partial charge in [-0.25, -0.2) is 0 Å². The molecule has 2 nitrogen and oxygen atoms in total. The van der Waals surface area contributed by atoms with E-state index in [1.807, 2.05) is 18.2 Å². The van der Waals surface area contributed by atoms with E-state index < -0.39 is 0 Å². The number of rotatable bonds is 3. The van der Waals surface area contributed by atoms with Crippen molar-refractivity contribution in [3.05, 3.63) is 42.8 Å². The van der Waals surface area contributed by atoms with Crippen molar-refractivity contribution in [2.24, 2.45) is 5.92 Å². The maximum absolute atomic E-state index is 9.71. The molecule has 2 rings (SSSR count). The smallest absolute Gasteiger partial charge is 0.0530 e. The average molecular weight is 218 g/mol. The summed E-state index contributed by atoms with van der Waals surface area (Å²) in [6, 6.07) is 10.2. The summed E-state index contributed by atoms with van der Waals surface area (Å²) in [5.41, 5.74) is 0.827. The second-order valence-corrected chi connectivity index (χ2v) is 4.70. The molecule has 1 atom stereocenters. The quantitative estimate of drug-likeness (QED) is 0.810. The largest absolute Gasteiger partial charge is 0.395 e. The van der Waals surface area contributed by atoms with Crippen LogP contribution in [-0.4, -0.2) is 24.8 Å². The van der Waals surface area contributed by atoms with Crippen LogP contribution in [0.4, 0.5) is 0 Å². The van der Waals surface area contributed by atoms with Crippen LogP contribution in [-0.2, 0) is 5.41 Å². The van der Waals surface area contributed by atoms with E-state index in [1.54, 1.807) is 0 Å². The predicted octanol–water partition coefficient (Wildman–Crippen LogP) is 1.75. The second kappa shape index (κ2) is 4.98. The van der Waals surface area contributed by atoms with E-state index in [0.717, 1.165) is 31.5 Å². The van der Waals surface area contributed by atoms with E-state index in [2.05, 4.69) is 24.4 Å². The Kier molecular flexibility index (Phi) is 3.62. The highest BCUT2D eigenvalue weighted by Gasteiger charge is 2.35. The minimum atomic E-state index is -0.330. The molecular weight excluding hydrogens is 198 g/mol. The molecule has 1 aliphatic rings. The molecule has 2 heteroatoms. The van der Waals surface area contributed by atoms with Gasteiger partial charge in [-0.05, 0) is 44.3 Å². The number of hydrogen-bond acceptors (Lipinski definition) is 2. The summed E-state index contributed by atoms with van der Waals surface area (Å²) in [7, 11) is 0. The summed E-state index contributed by atoms with van der Waals surface area (Å²) < 4.78 is 0. The van der Waals surface area contributed by atoms with Crippen molar-refractivity contribution < 1.29 is 5.11 Å². The number of aliphatic hydroxyl groups excluding tert-OH is 1. The zero-order chi connectivity index (χ0) is 11.4. The van der Waals surface area contributed by atoms with Crippen LogP contribution in [0.25, 0.3) is 0 Å².